The zero-order valence-corrected chi connectivity index (χ0v) is 15.5. The average molecular weight is 431 g/mol. The molecule has 1 aromatic rings. The minimum absolute atomic E-state index is 0.462. The van der Waals surface area contributed by atoms with E-state index in [2.05, 4.69) is 76.3 Å². The summed E-state index contributed by atoms with van der Waals surface area (Å²) in [4.78, 5) is 0. The summed E-state index contributed by atoms with van der Waals surface area (Å²) in [5.41, 5.74) is 1.85. The molecule has 0 aliphatic heterocycles. The number of nitrogens with zero attached hydrogens (tertiary/aromatic N) is 1. The van der Waals surface area contributed by atoms with Gasteiger partial charge in [-0.1, -0.05) is 74.3 Å². The van der Waals surface area contributed by atoms with E-state index >= 15 is 0 Å². The van der Waals surface area contributed by atoms with Gasteiger partial charge in [0.05, 0.1) is 11.6 Å². The van der Waals surface area contributed by atoms with E-state index in [1.54, 1.807) is 12.2 Å². The second kappa shape index (κ2) is 7.04. The number of thiol groups is 2. The maximum Gasteiger partial charge on any atom is 0.111 e. The predicted octanol–water partition coefficient (Wildman–Crippen LogP) is 5.38. The van der Waals surface area contributed by atoms with Crippen molar-refractivity contribution < 1.29 is 0 Å². The summed E-state index contributed by atoms with van der Waals surface area (Å²) >= 11 is 16.0. The van der Waals surface area contributed by atoms with Crippen molar-refractivity contribution in [2.24, 2.45) is 0 Å². The van der Waals surface area contributed by atoms with Crippen molar-refractivity contribution >= 4 is 62.7 Å². The number of nitriles is 1. The topological polar surface area (TPSA) is 23.8 Å². The van der Waals surface area contributed by atoms with Crippen molar-refractivity contribution in [3.8, 4) is 6.07 Å². The van der Waals surface area contributed by atoms with E-state index in [0.717, 1.165) is 5.56 Å². The fourth-order valence-corrected chi connectivity index (χ4v) is 3.93. The molecule has 0 aliphatic rings. The minimum Gasteiger partial charge on any atom is -0.192 e. The number of hydrogen-bond donors (Lipinski definition) is 2. The van der Waals surface area contributed by atoms with Gasteiger partial charge in [0.25, 0.3) is 0 Å². The summed E-state index contributed by atoms with van der Waals surface area (Å²) in [6.07, 6.45) is 3.20. The van der Waals surface area contributed by atoms with Crippen LogP contribution < -0.4 is 0 Å². The highest BCUT2D eigenvalue weighted by atomic mass is 79.9. The lowest BCUT2D eigenvalue weighted by Crippen LogP contribution is -2.27. The fraction of sp³-hybridized carbons (Fsp3) is 0.133. The van der Waals surface area contributed by atoms with Gasteiger partial charge in [-0.05, 0) is 5.56 Å². The van der Waals surface area contributed by atoms with E-state index < -0.39 is 7.31 Å². The first-order chi connectivity index (χ1) is 9.30. The predicted molar refractivity (Wildman–Crippen MR) is 101 cm³/mol. The van der Waals surface area contributed by atoms with Crippen molar-refractivity contribution in [2.45, 2.75) is 7.31 Å². The summed E-state index contributed by atoms with van der Waals surface area (Å²) in [7, 11) is 0. The van der Waals surface area contributed by atoms with Crippen LogP contribution in [-0.4, -0.2) is 7.31 Å². The smallest absolute Gasteiger partial charge is 0.111 e. The van der Waals surface area contributed by atoms with Gasteiger partial charge in [0.2, 0.25) is 0 Å². The second-order valence-electron chi connectivity index (χ2n) is 3.98. The van der Waals surface area contributed by atoms with Gasteiger partial charge in [0.15, 0.2) is 0 Å². The quantitative estimate of drug-likeness (QED) is 0.278. The van der Waals surface area contributed by atoms with E-state index in [0.29, 0.717) is 11.1 Å². The minimum atomic E-state index is -0.895. The van der Waals surface area contributed by atoms with Crippen LogP contribution in [0.4, 0.5) is 0 Å². The molecule has 1 rings (SSSR count). The van der Waals surface area contributed by atoms with E-state index in [9.17, 15) is 5.26 Å². The van der Waals surface area contributed by atoms with Crippen molar-refractivity contribution in [1.29, 1.82) is 5.26 Å². The number of allylic oxidation sites excluding steroid dienone is 1. The van der Waals surface area contributed by atoms with Gasteiger partial charge in [0, 0.05) is 5.57 Å². The molecule has 0 amide bonds. The van der Waals surface area contributed by atoms with Crippen molar-refractivity contribution in [2.75, 3.05) is 0 Å². The normalized spacial score (nSPS) is 16.1. The number of hydrogen-bond acceptors (Lipinski definition) is 3. The molecule has 5 heteroatoms. The Kier molecular flexibility index (Phi) is 6.21. The van der Waals surface area contributed by atoms with Crippen LogP contribution in [0, 0.1) is 11.3 Å². The Labute approximate surface area is 147 Å². The maximum atomic E-state index is 9.58. The fourth-order valence-electron chi connectivity index (χ4n) is 1.67. The van der Waals surface area contributed by atoms with Crippen LogP contribution in [0.5, 0.6) is 0 Å². The summed E-state index contributed by atoms with van der Waals surface area (Å²) in [5.74, 6) is 0. The Hall–Kier alpha value is -0.410. The van der Waals surface area contributed by atoms with Gasteiger partial charge < -0.3 is 0 Å². The van der Waals surface area contributed by atoms with Crippen LogP contribution in [0.15, 0.2) is 61.2 Å². The standard InChI is InChI=1S/C15H13Br2NS2/c1-3-14(16,19)13(15(17,20)4-2)12(10-18)11-8-6-5-7-9-11/h3-9,19-20H,1-2H2. The van der Waals surface area contributed by atoms with E-state index in [-0.39, 0.29) is 0 Å². The average Bonchev–Trinajstić information content (AvgIpc) is 2.45. The number of alkyl halides is 2. The molecule has 0 aliphatic carbocycles. The Bertz CT molecular complexity index is 562. The lowest BCUT2D eigenvalue weighted by atomic mass is 9.95. The van der Waals surface area contributed by atoms with Gasteiger partial charge in [-0.2, -0.15) is 30.5 Å². The van der Waals surface area contributed by atoms with E-state index in [4.69, 9.17) is 0 Å². The van der Waals surface area contributed by atoms with Gasteiger partial charge in [-0.15, -0.1) is 13.2 Å². The Morgan fingerprint density at radius 2 is 1.55 bits per heavy atom. The molecule has 2 atom stereocenters. The van der Waals surface area contributed by atoms with Crippen molar-refractivity contribution in [1.82, 2.24) is 0 Å². The molecule has 0 saturated carbocycles. The van der Waals surface area contributed by atoms with Gasteiger partial charge >= 0.3 is 0 Å². The van der Waals surface area contributed by atoms with Crippen LogP contribution in [0.1, 0.15) is 5.56 Å². The first kappa shape index (κ1) is 17.6. The van der Waals surface area contributed by atoms with Crippen LogP contribution in [0.2, 0.25) is 0 Å². The molecule has 1 nitrogen and oxygen atoms in total. The lowest BCUT2D eigenvalue weighted by Gasteiger charge is -2.31. The highest BCUT2D eigenvalue weighted by Crippen LogP contribution is 2.49. The molecule has 104 valence electrons. The SMILES string of the molecule is C=CC(S)(Br)C(=C(C#N)c1ccccc1)C(S)(Br)C=C. The molecule has 0 N–H and O–H groups in total. The molecular weight excluding hydrogens is 418 g/mol. The molecule has 0 fully saturated rings. The third kappa shape index (κ3) is 3.82. The maximum absolute atomic E-state index is 9.58. The summed E-state index contributed by atoms with van der Waals surface area (Å²) < 4.78 is -1.79. The number of rotatable bonds is 5. The lowest BCUT2D eigenvalue weighted by molar-refractivity contribution is 1.09. The highest BCUT2D eigenvalue weighted by molar-refractivity contribution is 9.12. The van der Waals surface area contributed by atoms with E-state index in [1.807, 2.05) is 30.3 Å². The molecule has 0 aromatic heterocycles. The van der Waals surface area contributed by atoms with Crippen LogP contribution in [0.3, 0.4) is 0 Å². The third-order valence-electron chi connectivity index (χ3n) is 2.67. The summed E-state index contributed by atoms with van der Waals surface area (Å²) in [6.45, 7) is 7.51. The Balaban J connectivity index is 3.73. The largest absolute Gasteiger partial charge is 0.192 e. The molecule has 0 spiro atoms. The van der Waals surface area contributed by atoms with E-state index in [1.165, 1.54) is 0 Å². The van der Waals surface area contributed by atoms with Crippen LogP contribution in [-0.2, 0) is 0 Å². The molecule has 20 heavy (non-hydrogen) atoms. The molecule has 0 bridgehead atoms. The summed E-state index contributed by atoms with van der Waals surface area (Å²) in [5, 5.41) is 9.58. The molecular formula is C15H13Br2NS2. The summed E-state index contributed by atoms with van der Waals surface area (Å²) in [6, 6.07) is 11.6. The van der Waals surface area contributed by atoms with Gasteiger partial charge in [0.1, 0.15) is 7.31 Å². The van der Waals surface area contributed by atoms with Crippen molar-refractivity contribution in [3.05, 3.63) is 66.8 Å². The molecule has 1 aromatic carbocycles. The third-order valence-corrected chi connectivity index (χ3v) is 4.92. The Morgan fingerprint density at radius 1 is 1.10 bits per heavy atom. The van der Waals surface area contributed by atoms with Crippen LogP contribution in [0.25, 0.3) is 5.57 Å². The molecule has 0 saturated heterocycles. The first-order valence-electron chi connectivity index (χ1n) is 5.60. The zero-order chi connectivity index (χ0) is 15.4. The number of halogens is 2. The molecule has 0 heterocycles. The Morgan fingerprint density at radius 3 is 1.90 bits per heavy atom. The monoisotopic (exact) mass is 429 g/mol. The van der Waals surface area contributed by atoms with Crippen LogP contribution >= 0.6 is 57.1 Å². The first-order valence-corrected chi connectivity index (χ1v) is 8.08. The molecule has 2 unspecified atom stereocenters. The molecule has 0 radical (unpaired) electrons. The zero-order valence-electron chi connectivity index (χ0n) is 10.6. The highest BCUT2D eigenvalue weighted by Gasteiger charge is 2.38. The van der Waals surface area contributed by atoms with Crippen molar-refractivity contribution in [3.63, 3.8) is 0 Å². The number of benzene rings is 1. The van der Waals surface area contributed by atoms with Gasteiger partial charge in [-0.3, -0.25) is 0 Å². The second-order valence-corrected chi connectivity index (χ2v) is 9.12. The van der Waals surface area contributed by atoms with Gasteiger partial charge in [-0.25, -0.2) is 0 Å².